The lowest BCUT2D eigenvalue weighted by Crippen LogP contribution is -2.12. The number of nitrogens with one attached hydrogen (secondary N) is 1. The molecule has 0 spiro atoms. The van der Waals surface area contributed by atoms with Crippen molar-refractivity contribution < 1.29 is 9.53 Å². The van der Waals surface area contributed by atoms with Crippen LogP contribution in [0.3, 0.4) is 0 Å². The van der Waals surface area contributed by atoms with Crippen molar-refractivity contribution in [2.45, 2.75) is 52.6 Å². The highest BCUT2D eigenvalue weighted by Gasteiger charge is 2.18. The lowest BCUT2D eigenvalue weighted by Gasteiger charge is -2.15. The first-order valence-electron chi connectivity index (χ1n) is 6.48. The number of esters is 1. The van der Waals surface area contributed by atoms with Crippen molar-refractivity contribution in [1.82, 2.24) is 9.97 Å². The van der Waals surface area contributed by atoms with E-state index >= 15 is 0 Å². The highest BCUT2D eigenvalue weighted by atomic mass is 16.5. The molecule has 0 aliphatic carbocycles. The molecule has 0 saturated carbocycles. The van der Waals surface area contributed by atoms with Crippen LogP contribution >= 0.6 is 0 Å². The van der Waals surface area contributed by atoms with E-state index in [0.29, 0.717) is 5.57 Å². The van der Waals surface area contributed by atoms with Crippen molar-refractivity contribution in [2.24, 2.45) is 0 Å². The molecule has 1 heterocycles. The van der Waals surface area contributed by atoms with Crippen LogP contribution in [0.2, 0.25) is 0 Å². The van der Waals surface area contributed by atoms with Gasteiger partial charge in [0.1, 0.15) is 11.9 Å². The van der Waals surface area contributed by atoms with E-state index in [1.54, 1.807) is 13.1 Å². The SMILES string of the molecule is C=C(C)C(=O)OC(CCC)c1cnc(CCC)[nH]1. The number of H-pyrrole nitrogens is 1. The maximum atomic E-state index is 11.6. The summed E-state index contributed by atoms with van der Waals surface area (Å²) in [6.07, 6.45) is 5.18. The fraction of sp³-hybridized carbons (Fsp3) is 0.571. The highest BCUT2D eigenvalue weighted by molar-refractivity contribution is 5.87. The Labute approximate surface area is 108 Å². The van der Waals surface area contributed by atoms with E-state index in [1.807, 2.05) is 0 Å². The van der Waals surface area contributed by atoms with Gasteiger partial charge in [-0.15, -0.1) is 0 Å². The van der Waals surface area contributed by atoms with Gasteiger partial charge in [0.25, 0.3) is 0 Å². The summed E-state index contributed by atoms with van der Waals surface area (Å²) in [6.45, 7) is 9.41. The van der Waals surface area contributed by atoms with Crippen LogP contribution in [0.15, 0.2) is 18.3 Å². The van der Waals surface area contributed by atoms with Crippen molar-refractivity contribution >= 4 is 5.97 Å². The highest BCUT2D eigenvalue weighted by Crippen LogP contribution is 2.22. The third-order valence-corrected chi connectivity index (χ3v) is 2.63. The normalized spacial score (nSPS) is 12.2. The predicted octanol–water partition coefficient (Wildman–Crippen LogP) is 3.32. The van der Waals surface area contributed by atoms with E-state index in [2.05, 4.69) is 30.4 Å². The Kier molecular flexibility index (Phi) is 5.62. The fourth-order valence-electron chi connectivity index (χ4n) is 1.68. The summed E-state index contributed by atoms with van der Waals surface area (Å²) in [5.74, 6) is 0.597. The largest absolute Gasteiger partial charge is 0.453 e. The predicted molar refractivity (Wildman–Crippen MR) is 71.1 cm³/mol. The van der Waals surface area contributed by atoms with Gasteiger partial charge in [0.2, 0.25) is 0 Å². The molecule has 18 heavy (non-hydrogen) atoms. The minimum atomic E-state index is -0.347. The molecule has 0 aromatic carbocycles. The van der Waals surface area contributed by atoms with Gasteiger partial charge < -0.3 is 9.72 Å². The van der Waals surface area contributed by atoms with Crippen molar-refractivity contribution in [2.75, 3.05) is 0 Å². The molecule has 0 saturated heterocycles. The Bertz CT molecular complexity index is 410. The molecule has 1 atom stereocenters. The van der Waals surface area contributed by atoms with E-state index in [0.717, 1.165) is 37.2 Å². The topological polar surface area (TPSA) is 55.0 Å². The van der Waals surface area contributed by atoms with E-state index in [9.17, 15) is 4.79 Å². The first-order chi connectivity index (χ1) is 8.58. The van der Waals surface area contributed by atoms with Gasteiger partial charge in [0.15, 0.2) is 0 Å². The van der Waals surface area contributed by atoms with E-state index in [1.165, 1.54) is 0 Å². The second kappa shape index (κ2) is 6.99. The molecule has 100 valence electrons. The van der Waals surface area contributed by atoms with Crippen LogP contribution in [0.4, 0.5) is 0 Å². The zero-order valence-electron chi connectivity index (χ0n) is 11.5. The number of aromatic amines is 1. The molecular formula is C14H22N2O2. The van der Waals surface area contributed by atoms with Crippen LogP contribution in [0, 0.1) is 0 Å². The van der Waals surface area contributed by atoms with Crippen LogP contribution in [0.1, 0.15) is 57.7 Å². The second-order valence-corrected chi connectivity index (χ2v) is 4.50. The van der Waals surface area contributed by atoms with E-state index < -0.39 is 0 Å². The van der Waals surface area contributed by atoms with Crippen LogP contribution in [0.25, 0.3) is 0 Å². The molecule has 1 aromatic heterocycles. The molecule has 0 bridgehead atoms. The quantitative estimate of drug-likeness (QED) is 0.596. The van der Waals surface area contributed by atoms with Gasteiger partial charge in [-0.25, -0.2) is 9.78 Å². The van der Waals surface area contributed by atoms with Gasteiger partial charge in [-0.1, -0.05) is 26.8 Å². The van der Waals surface area contributed by atoms with Crippen LogP contribution in [-0.4, -0.2) is 15.9 Å². The number of nitrogens with zero attached hydrogens (tertiary/aromatic N) is 1. The smallest absolute Gasteiger partial charge is 0.333 e. The zero-order valence-corrected chi connectivity index (χ0v) is 11.5. The van der Waals surface area contributed by atoms with Crippen LogP contribution in [-0.2, 0) is 16.0 Å². The third-order valence-electron chi connectivity index (χ3n) is 2.63. The number of aromatic nitrogens is 2. The standard InChI is InChI=1S/C14H22N2O2/c1-5-7-12(18-14(17)10(3)4)11-9-15-13(16-11)8-6-2/h9,12H,3,5-8H2,1-2,4H3,(H,15,16). The maximum absolute atomic E-state index is 11.6. The molecule has 1 N–H and O–H groups in total. The van der Waals surface area contributed by atoms with E-state index in [-0.39, 0.29) is 12.1 Å². The zero-order chi connectivity index (χ0) is 13.5. The van der Waals surface area contributed by atoms with Crippen LogP contribution in [0.5, 0.6) is 0 Å². The van der Waals surface area contributed by atoms with Crippen LogP contribution < -0.4 is 0 Å². The molecule has 0 radical (unpaired) electrons. The number of carbonyl (C=O) groups excluding carboxylic acids is 1. The molecule has 0 aliphatic rings. The minimum Gasteiger partial charge on any atom is -0.453 e. The molecule has 1 rings (SSSR count). The third kappa shape index (κ3) is 4.02. The molecule has 0 aliphatic heterocycles. The summed E-state index contributed by atoms with van der Waals surface area (Å²) < 4.78 is 5.42. The Hall–Kier alpha value is -1.58. The number of carbonyl (C=O) groups is 1. The Balaban J connectivity index is 2.76. The summed E-state index contributed by atoms with van der Waals surface area (Å²) in [4.78, 5) is 19.1. The number of hydrogen-bond donors (Lipinski definition) is 1. The molecule has 1 unspecified atom stereocenters. The molecule has 0 amide bonds. The lowest BCUT2D eigenvalue weighted by atomic mass is 10.1. The minimum absolute atomic E-state index is 0.252. The number of imidazole rings is 1. The summed E-state index contributed by atoms with van der Waals surface area (Å²) in [7, 11) is 0. The molecule has 1 aromatic rings. The molecular weight excluding hydrogens is 228 g/mol. The molecule has 4 nitrogen and oxygen atoms in total. The Morgan fingerprint density at radius 2 is 2.22 bits per heavy atom. The van der Waals surface area contributed by atoms with Crippen molar-refractivity contribution in [3.63, 3.8) is 0 Å². The number of hydrogen-bond acceptors (Lipinski definition) is 3. The first-order valence-corrected chi connectivity index (χ1v) is 6.48. The first kappa shape index (κ1) is 14.5. The van der Waals surface area contributed by atoms with Gasteiger partial charge >= 0.3 is 5.97 Å². The number of rotatable bonds is 7. The van der Waals surface area contributed by atoms with Gasteiger partial charge in [0.05, 0.1) is 11.9 Å². The Morgan fingerprint density at radius 1 is 1.50 bits per heavy atom. The van der Waals surface area contributed by atoms with Crippen molar-refractivity contribution in [1.29, 1.82) is 0 Å². The van der Waals surface area contributed by atoms with Crippen molar-refractivity contribution in [3.8, 4) is 0 Å². The second-order valence-electron chi connectivity index (χ2n) is 4.50. The van der Waals surface area contributed by atoms with E-state index in [4.69, 9.17) is 4.74 Å². The molecule has 4 heteroatoms. The monoisotopic (exact) mass is 250 g/mol. The summed E-state index contributed by atoms with van der Waals surface area (Å²) in [5.41, 5.74) is 1.29. The summed E-state index contributed by atoms with van der Waals surface area (Å²) >= 11 is 0. The van der Waals surface area contributed by atoms with Gasteiger partial charge in [0, 0.05) is 12.0 Å². The Morgan fingerprint density at radius 3 is 2.78 bits per heavy atom. The average Bonchev–Trinajstić information content (AvgIpc) is 2.77. The van der Waals surface area contributed by atoms with Gasteiger partial charge in [-0.2, -0.15) is 0 Å². The summed E-state index contributed by atoms with van der Waals surface area (Å²) in [6, 6.07) is 0. The number of ether oxygens (including phenoxy) is 1. The van der Waals surface area contributed by atoms with Crippen molar-refractivity contribution in [3.05, 3.63) is 29.9 Å². The molecule has 0 fully saturated rings. The average molecular weight is 250 g/mol. The van der Waals surface area contributed by atoms with Gasteiger partial charge in [-0.3, -0.25) is 0 Å². The van der Waals surface area contributed by atoms with Gasteiger partial charge in [-0.05, 0) is 19.8 Å². The number of aryl methyl sites for hydroxylation is 1. The maximum Gasteiger partial charge on any atom is 0.333 e. The lowest BCUT2D eigenvalue weighted by molar-refractivity contribution is -0.145. The summed E-state index contributed by atoms with van der Waals surface area (Å²) in [5, 5.41) is 0. The fourth-order valence-corrected chi connectivity index (χ4v) is 1.68.